The standard InChI is InChI=1S/C28H36N2O5Si/c1-7-12-25(27(32)34-3)30(18-36(4,5)6)26(31)19(2)29-28(33)35-17-24-22-15-10-8-13-20(22)21-14-9-11-16-23(21)24/h7-11,13-16,19,24-25H,1,12,17-18H2,2-6H3,(H,29,33)/t19-,25-/m0/s1. The van der Waals surface area contributed by atoms with Crippen molar-refractivity contribution in [2.45, 2.75) is 51.0 Å². The second kappa shape index (κ2) is 11.6. The third kappa shape index (κ3) is 6.23. The Kier molecular flexibility index (Phi) is 8.73. The zero-order valence-corrected chi connectivity index (χ0v) is 22.7. The molecule has 0 bridgehead atoms. The van der Waals surface area contributed by atoms with E-state index in [0.29, 0.717) is 6.17 Å². The second-order valence-corrected chi connectivity index (χ2v) is 15.7. The SMILES string of the molecule is C=CC[C@@H](C(=O)OC)N(C[Si](C)(C)C)C(=O)[C@H](C)NC(=O)OCC1c2ccccc2-c2ccccc21. The number of benzene rings is 2. The van der Waals surface area contributed by atoms with Crippen LogP contribution in [0.3, 0.4) is 0 Å². The largest absolute Gasteiger partial charge is 0.467 e. The normalized spacial score (nSPS) is 14.1. The summed E-state index contributed by atoms with van der Waals surface area (Å²) in [6.07, 6.45) is 1.62. The molecule has 2 aromatic carbocycles. The van der Waals surface area contributed by atoms with Gasteiger partial charge in [0.15, 0.2) is 0 Å². The molecule has 2 aromatic rings. The van der Waals surface area contributed by atoms with Gasteiger partial charge < -0.3 is 19.7 Å². The molecular formula is C28H36N2O5Si. The number of ether oxygens (including phenoxy) is 2. The van der Waals surface area contributed by atoms with E-state index in [1.165, 1.54) is 12.0 Å². The fourth-order valence-corrected chi connectivity index (χ4v) is 6.02. The Morgan fingerprint density at radius 3 is 2.11 bits per heavy atom. The van der Waals surface area contributed by atoms with Crippen molar-refractivity contribution >= 4 is 26.0 Å². The quantitative estimate of drug-likeness (QED) is 0.285. The number of nitrogens with one attached hydrogen (secondary N) is 1. The Balaban J connectivity index is 1.70. The van der Waals surface area contributed by atoms with Gasteiger partial charge in [-0.25, -0.2) is 9.59 Å². The lowest BCUT2D eigenvalue weighted by atomic mass is 9.98. The highest BCUT2D eigenvalue weighted by molar-refractivity contribution is 6.76. The molecule has 0 unspecified atom stereocenters. The molecule has 1 aliphatic rings. The number of fused-ring (bicyclic) bond motifs is 3. The number of hydrogen-bond donors (Lipinski definition) is 1. The summed E-state index contributed by atoms with van der Waals surface area (Å²) in [5.74, 6) is -0.938. The van der Waals surface area contributed by atoms with Gasteiger partial charge in [-0.3, -0.25) is 4.79 Å². The fourth-order valence-electron chi connectivity index (χ4n) is 4.62. The lowest BCUT2D eigenvalue weighted by Gasteiger charge is -2.35. The molecule has 0 aliphatic heterocycles. The molecule has 2 amide bonds. The molecule has 36 heavy (non-hydrogen) atoms. The second-order valence-electron chi connectivity index (χ2n) is 10.3. The lowest BCUT2D eigenvalue weighted by Crippen LogP contribution is -2.57. The molecule has 1 N–H and O–H groups in total. The van der Waals surface area contributed by atoms with E-state index in [1.54, 1.807) is 13.0 Å². The smallest absolute Gasteiger partial charge is 0.407 e. The van der Waals surface area contributed by atoms with E-state index in [0.717, 1.165) is 22.3 Å². The monoisotopic (exact) mass is 508 g/mol. The predicted octanol–water partition coefficient (Wildman–Crippen LogP) is 4.74. The lowest BCUT2D eigenvalue weighted by molar-refractivity contribution is -0.152. The van der Waals surface area contributed by atoms with Gasteiger partial charge in [-0.05, 0) is 35.6 Å². The maximum Gasteiger partial charge on any atom is 0.407 e. The number of hydrogen-bond acceptors (Lipinski definition) is 5. The Morgan fingerprint density at radius 2 is 1.61 bits per heavy atom. The van der Waals surface area contributed by atoms with Gasteiger partial charge in [0.1, 0.15) is 18.7 Å². The van der Waals surface area contributed by atoms with Crippen LogP contribution in [0.2, 0.25) is 19.6 Å². The third-order valence-electron chi connectivity index (χ3n) is 6.22. The van der Waals surface area contributed by atoms with Gasteiger partial charge in [0.25, 0.3) is 0 Å². The molecule has 0 saturated heterocycles. The number of rotatable bonds is 10. The van der Waals surface area contributed by atoms with Crippen molar-refractivity contribution in [3.63, 3.8) is 0 Å². The number of alkyl carbamates (subject to hydrolysis) is 1. The van der Waals surface area contributed by atoms with E-state index in [2.05, 4.69) is 43.7 Å². The minimum absolute atomic E-state index is 0.0751. The first-order valence-corrected chi connectivity index (χ1v) is 15.9. The maximum absolute atomic E-state index is 13.4. The summed E-state index contributed by atoms with van der Waals surface area (Å²) >= 11 is 0. The van der Waals surface area contributed by atoms with Crippen molar-refractivity contribution in [2.24, 2.45) is 0 Å². The van der Waals surface area contributed by atoms with Crippen molar-refractivity contribution < 1.29 is 23.9 Å². The topological polar surface area (TPSA) is 84.9 Å². The van der Waals surface area contributed by atoms with Crippen LogP contribution in [0.5, 0.6) is 0 Å². The Labute approximate surface area is 214 Å². The average Bonchev–Trinajstić information content (AvgIpc) is 3.17. The number of methoxy groups -OCH3 is 1. The van der Waals surface area contributed by atoms with Gasteiger partial charge in [0.05, 0.1) is 15.2 Å². The van der Waals surface area contributed by atoms with Crippen molar-refractivity contribution in [3.05, 3.63) is 72.3 Å². The molecule has 8 heteroatoms. The molecule has 192 valence electrons. The maximum atomic E-state index is 13.4. The average molecular weight is 509 g/mol. The van der Waals surface area contributed by atoms with Crippen molar-refractivity contribution in [1.82, 2.24) is 10.2 Å². The van der Waals surface area contributed by atoms with E-state index in [4.69, 9.17) is 9.47 Å². The summed E-state index contributed by atoms with van der Waals surface area (Å²) in [6, 6.07) is 14.5. The number of nitrogens with zero attached hydrogens (tertiary/aromatic N) is 1. The highest BCUT2D eigenvalue weighted by Gasteiger charge is 2.36. The molecule has 0 radical (unpaired) electrons. The van der Waals surface area contributed by atoms with E-state index < -0.39 is 32.2 Å². The van der Waals surface area contributed by atoms with E-state index in [-0.39, 0.29) is 24.9 Å². The number of carbonyl (C=O) groups is 3. The van der Waals surface area contributed by atoms with Gasteiger partial charge in [-0.1, -0.05) is 74.2 Å². The molecule has 1 aliphatic carbocycles. The predicted molar refractivity (Wildman–Crippen MR) is 143 cm³/mol. The first-order chi connectivity index (χ1) is 17.1. The summed E-state index contributed by atoms with van der Waals surface area (Å²) in [4.78, 5) is 40.1. The fraction of sp³-hybridized carbons (Fsp3) is 0.393. The van der Waals surface area contributed by atoms with Crippen LogP contribution in [-0.2, 0) is 19.1 Å². The van der Waals surface area contributed by atoms with Crippen LogP contribution in [0, 0.1) is 0 Å². The minimum Gasteiger partial charge on any atom is -0.467 e. The van der Waals surface area contributed by atoms with Crippen molar-refractivity contribution in [1.29, 1.82) is 0 Å². The number of carbonyl (C=O) groups excluding carboxylic acids is 3. The first-order valence-electron chi connectivity index (χ1n) is 12.2. The number of esters is 1. The molecule has 0 fully saturated rings. The Hall–Kier alpha value is -3.39. The van der Waals surface area contributed by atoms with Crippen LogP contribution >= 0.6 is 0 Å². The molecule has 7 nitrogen and oxygen atoms in total. The van der Waals surface area contributed by atoms with E-state index in [9.17, 15) is 14.4 Å². The van der Waals surface area contributed by atoms with Crippen LogP contribution in [0.1, 0.15) is 30.4 Å². The minimum atomic E-state index is -1.80. The summed E-state index contributed by atoms with van der Waals surface area (Å²) in [6.45, 7) is 11.8. The van der Waals surface area contributed by atoms with Gasteiger partial charge in [-0.2, -0.15) is 0 Å². The first kappa shape index (κ1) is 27.2. The summed E-state index contributed by atoms with van der Waals surface area (Å²) in [5, 5.41) is 2.66. The summed E-state index contributed by atoms with van der Waals surface area (Å²) in [7, 11) is -0.501. The van der Waals surface area contributed by atoms with Crippen LogP contribution < -0.4 is 5.32 Å². The van der Waals surface area contributed by atoms with Crippen LogP contribution in [0.25, 0.3) is 11.1 Å². The number of amides is 2. The summed E-state index contributed by atoms with van der Waals surface area (Å²) in [5.41, 5.74) is 4.51. The van der Waals surface area contributed by atoms with Gasteiger partial charge in [0.2, 0.25) is 5.91 Å². The molecule has 0 heterocycles. The Bertz CT molecular complexity index is 1080. The van der Waals surface area contributed by atoms with E-state index >= 15 is 0 Å². The third-order valence-corrected chi connectivity index (χ3v) is 7.51. The van der Waals surface area contributed by atoms with Crippen LogP contribution in [-0.4, -0.2) is 62.9 Å². The van der Waals surface area contributed by atoms with E-state index in [1.807, 2.05) is 36.4 Å². The van der Waals surface area contributed by atoms with Gasteiger partial charge >= 0.3 is 12.1 Å². The molecule has 0 aromatic heterocycles. The molecule has 0 spiro atoms. The van der Waals surface area contributed by atoms with Crippen molar-refractivity contribution in [2.75, 3.05) is 19.9 Å². The molecule has 3 rings (SSSR count). The summed E-state index contributed by atoms with van der Waals surface area (Å²) < 4.78 is 10.5. The van der Waals surface area contributed by atoms with Crippen LogP contribution in [0.15, 0.2) is 61.2 Å². The van der Waals surface area contributed by atoms with Crippen LogP contribution in [0.4, 0.5) is 4.79 Å². The Morgan fingerprint density at radius 1 is 1.06 bits per heavy atom. The molecular weight excluding hydrogens is 472 g/mol. The van der Waals surface area contributed by atoms with Gasteiger partial charge in [0, 0.05) is 12.1 Å². The zero-order valence-electron chi connectivity index (χ0n) is 21.7. The zero-order chi connectivity index (χ0) is 26.5. The highest BCUT2D eigenvalue weighted by Crippen LogP contribution is 2.44. The van der Waals surface area contributed by atoms with Crippen molar-refractivity contribution in [3.8, 4) is 11.1 Å². The highest BCUT2D eigenvalue weighted by atomic mass is 28.3. The van der Waals surface area contributed by atoms with Gasteiger partial charge in [-0.15, -0.1) is 6.58 Å². The molecule has 0 saturated carbocycles. The molecule has 2 atom stereocenters.